The van der Waals surface area contributed by atoms with E-state index >= 15 is 0 Å². The van der Waals surface area contributed by atoms with Crippen molar-refractivity contribution in [2.45, 2.75) is 44.7 Å². The zero-order chi connectivity index (χ0) is 19.2. The van der Waals surface area contributed by atoms with Crippen molar-refractivity contribution < 1.29 is 14.3 Å². The predicted molar refractivity (Wildman–Crippen MR) is 108 cm³/mol. The molecule has 0 saturated carbocycles. The summed E-state index contributed by atoms with van der Waals surface area (Å²) < 4.78 is 6.01. The number of benzene rings is 1. The standard InChI is InChI=1S/C20H28BrN3O3/c1-2-27-20(26)23-11-8-18(9-12-23)24-10-4-7-17(14-24)22-19(25)15-5-3-6-16(21)13-15/h3,5-6,13,17-18H,2,4,7-12,14H2,1H3,(H,22,25)/t17-/m1/s1. The Morgan fingerprint density at radius 3 is 2.70 bits per heavy atom. The molecule has 0 aromatic heterocycles. The summed E-state index contributed by atoms with van der Waals surface area (Å²) in [6.07, 6.45) is 3.82. The van der Waals surface area contributed by atoms with Crippen molar-refractivity contribution in [3.63, 3.8) is 0 Å². The lowest BCUT2D eigenvalue weighted by molar-refractivity contribution is 0.0601. The van der Waals surface area contributed by atoms with Crippen LogP contribution < -0.4 is 5.32 Å². The fraction of sp³-hybridized carbons (Fsp3) is 0.600. The van der Waals surface area contributed by atoms with E-state index in [9.17, 15) is 9.59 Å². The van der Waals surface area contributed by atoms with Gasteiger partial charge in [-0.1, -0.05) is 22.0 Å². The third-order valence-electron chi connectivity index (χ3n) is 5.38. The molecule has 148 valence electrons. The van der Waals surface area contributed by atoms with Gasteiger partial charge in [-0.3, -0.25) is 9.69 Å². The minimum absolute atomic E-state index is 0.0136. The Hall–Kier alpha value is -1.60. The average molecular weight is 438 g/mol. The lowest BCUT2D eigenvalue weighted by Gasteiger charge is -2.42. The monoisotopic (exact) mass is 437 g/mol. The number of hydrogen-bond acceptors (Lipinski definition) is 4. The van der Waals surface area contributed by atoms with E-state index in [1.54, 1.807) is 4.90 Å². The largest absolute Gasteiger partial charge is 0.450 e. The van der Waals surface area contributed by atoms with Gasteiger partial charge in [0.1, 0.15) is 0 Å². The van der Waals surface area contributed by atoms with Crippen LogP contribution in [0.5, 0.6) is 0 Å². The van der Waals surface area contributed by atoms with Gasteiger partial charge < -0.3 is 15.0 Å². The van der Waals surface area contributed by atoms with Crippen molar-refractivity contribution >= 4 is 27.9 Å². The molecule has 3 rings (SSSR count). The number of carbonyl (C=O) groups excluding carboxylic acids is 2. The summed E-state index contributed by atoms with van der Waals surface area (Å²) in [7, 11) is 0. The fourth-order valence-corrected chi connectivity index (χ4v) is 4.38. The summed E-state index contributed by atoms with van der Waals surface area (Å²) >= 11 is 3.42. The minimum Gasteiger partial charge on any atom is -0.450 e. The molecule has 0 bridgehead atoms. The van der Waals surface area contributed by atoms with E-state index in [0.29, 0.717) is 18.2 Å². The molecular weight excluding hydrogens is 410 g/mol. The summed E-state index contributed by atoms with van der Waals surface area (Å²) in [5.74, 6) is -0.0136. The summed E-state index contributed by atoms with van der Waals surface area (Å²) in [6.45, 7) is 5.69. The van der Waals surface area contributed by atoms with Crippen molar-refractivity contribution in [3.05, 3.63) is 34.3 Å². The van der Waals surface area contributed by atoms with Crippen LogP contribution in [-0.2, 0) is 4.74 Å². The van der Waals surface area contributed by atoms with Gasteiger partial charge in [-0.15, -0.1) is 0 Å². The predicted octanol–water partition coefficient (Wildman–Crippen LogP) is 3.26. The Balaban J connectivity index is 1.50. The van der Waals surface area contributed by atoms with Crippen molar-refractivity contribution in [2.24, 2.45) is 0 Å². The van der Waals surface area contributed by atoms with E-state index in [1.807, 2.05) is 31.2 Å². The SMILES string of the molecule is CCOC(=O)N1CCC(N2CCC[C@@H](NC(=O)c3cccc(Br)c3)C2)CC1. The quantitative estimate of drug-likeness (QED) is 0.784. The molecule has 1 aromatic carbocycles. The highest BCUT2D eigenvalue weighted by Crippen LogP contribution is 2.22. The van der Waals surface area contributed by atoms with Gasteiger partial charge >= 0.3 is 6.09 Å². The molecule has 0 aliphatic carbocycles. The normalized spacial score (nSPS) is 21.7. The van der Waals surface area contributed by atoms with Gasteiger partial charge in [0.15, 0.2) is 0 Å². The lowest BCUT2D eigenvalue weighted by atomic mass is 9.98. The number of hydrogen-bond donors (Lipinski definition) is 1. The Labute approximate surface area is 169 Å². The maximum Gasteiger partial charge on any atom is 0.409 e. The van der Waals surface area contributed by atoms with Crippen LogP contribution in [0, 0.1) is 0 Å². The third-order valence-corrected chi connectivity index (χ3v) is 5.87. The summed E-state index contributed by atoms with van der Waals surface area (Å²) in [6, 6.07) is 8.13. The van der Waals surface area contributed by atoms with Gasteiger partial charge in [-0.05, 0) is 57.4 Å². The highest BCUT2D eigenvalue weighted by molar-refractivity contribution is 9.10. The first-order chi connectivity index (χ1) is 13.1. The van der Waals surface area contributed by atoms with E-state index < -0.39 is 0 Å². The Morgan fingerprint density at radius 1 is 1.22 bits per heavy atom. The first-order valence-electron chi connectivity index (χ1n) is 9.79. The summed E-state index contributed by atoms with van der Waals surface area (Å²) in [5.41, 5.74) is 0.684. The zero-order valence-corrected chi connectivity index (χ0v) is 17.4. The van der Waals surface area contributed by atoms with Crippen molar-refractivity contribution in [2.75, 3.05) is 32.8 Å². The van der Waals surface area contributed by atoms with E-state index in [0.717, 1.165) is 56.3 Å². The average Bonchev–Trinajstić information content (AvgIpc) is 2.68. The van der Waals surface area contributed by atoms with Crippen molar-refractivity contribution in [1.82, 2.24) is 15.1 Å². The first kappa shape index (κ1) is 20.1. The number of nitrogens with zero attached hydrogens (tertiary/aromatic N) is 2. The molecular formula is C20H28BrN3O3. The Kier molecular flexibility index (Phi) is 7.13. The number of rotatable bonds is 4. The second-order valence-corrected chi connectivity index (χ2v) is 8.15. The molecule has 2 heterocycles. The van der Waals surface area contributed by atoms with Crippen LogP contribution in [-0.4, -0.2) is 66.7 Å². The molecule has 2 amide bonds. The van der Waals surface area contributed by atoms with E-state index in [1.165, 1.54) is 0 Å². The molecule has 1 atom stereocenters. The van der Waals surface area contributed by atoms with Crippen LogP contribution >= 0.6 is 15.9 Å². The maximum atomic E-state index is 12.5. The summed E-state index contributed by atoms with van der Waals surface area (Å²) in [5, 5.41) is 3.19. The lowest BCUT2D eigenvalue weighted by Crippen LogP contribution is -2.54. The van der Waals surface area contributed by atoms with E-state index in [2.05, 4.69) is 26.1 Å². The molecule has 2 fully saturated rings. The molecule has 7 heteroatoms. The highest BCUT2D eigenvalue weighted by Gasteiger charge is 2.31. The van der Waals surface area contributed by atoms with Crippen LogP contribution in [0.15, 0.2) is 28.7 Å². The molecule has 0 unspecified atom stereocenters. The third kappa shape index (κ3) is 5.45. The molecule has 0 spiro atoms. The van der Waals surface area contributed by atoms with E-state index in [4.69, 9.17) is 4.74 Å². The number of carbonyl (C=O) groups is 2. The number of ether oxygens (including phenoxy) is 1. The number of likely N-dealkylation sites (tertiary alicyclic amines) is 2. The van der Waals surface area contributed by atoms with Gasteiger partial charge in [0, 0.05) is 41.8 Å². The molecule has 1 N–H and O–H groups in total. The second kappa shape index (κ2) is 9.55. The maximum absolute atomic E-state index is 12.5. The van der Waals surface area contributed by atoms with Crippen LogP contribution in [0.4, 0.5) is 4.79 Å². The van der Waals surface area contributed by atoms with Crippen LogP contribution in [0.3, 0.4) is 0 Å². The Morgan fingerprint density at radius 2 is 2.00 bits per heavy atom. The van der Waals surface area contributed by atoms with Crippen LogP contribution in [0.2, 0.25) is 0 Å². The zero-order valence-electron chi connectivity index (χ0n) is 15.8. The first-order valence-corrected chi connectivity index (χ1v) is 10.6. The topological polar surface area (TPSA) is 61.9 Å². The van der Waals surface area contributed by atoms with Gasteiger partial charge in [-0.2, -0.15) is 0 Å². The minimum atomic E-state index is -0.200. The van der Waals surface area contributed by atoms with Crippen LogP contribution in [0.25, 0.3) is 0 Å². The molecule has 6 nitrogen and oxygen atoms in total. The second-order valence-electron chi connectivity index (χ2n) is 7.24. The van der Waals surface area contributed by atoms with Crippen LogP contribution in [0.1, 0.15) is 43.0 Å². The van der Waals surface area contributed by atoms with E-state index in [-0.39, 0.29) is 18.0 Å². The van der Waals surface area contributed by atoms with Gasteiger partial charge in [0.25, 0.3) is 5.91 Å². The molecule has 2 saturated heterocycles. The number of halogens is 1. The molecule has 2 aliphatic heterocycles. The van der Waals surface area contributed by atoms with Gasteiger partial charge in [0.05, 0.1) is 6.61 Å². The Bertz CT molecular complexity index is 662. The molecule has 0 radical (unpaired) electrons. The van der Waals surface area contributed by atoms with Crippen molar-refractivity contribution in [1.29, 1.82) is 0 Å². The smallest absolute Gasteiger partial charge is 0.409 e. The molecule has 2 aliphatic rings. The highest BCUT2D eigenvalue weighted by atomic mass is 79.9. The number of nitrogens with one attached hydrogen (secondary N) is 1. The molecule has 27 heavy (non-hydrogen) atoms. The molecule has 1 aromatic rings. The van der Waals surface area contributed by atoms with Crippen molar-refractivity contribution in [3.8, 4) is 0 Å². The number of piperidine rings is 2. The fourth-order valence-electron chi connectivity index (χ4n) is 3.98. The number of amides is 2. The summed E-state index contributed by atoms with van der Waals surface area (Å²) in [4.78, 5) is 28.7. The van der Waals surface area contributed by atoms with Gasteiger partial charge in [-0.25, -0.2) is 4.79 Å². The van der Waals surface area contributed by atoms with Gasteiger partial charge in [0.2, 0.25) is 0 Å².